The fourth-order valence-electron chi connectivity index (χ4n) is 2.16. The molecule has 0 spiro atoms. The minimum absolute atomic E-state index is 0.299. The molecule has 0 radical (unpaired) electrons. The maximum atomic E-state index is 10.9. The van der Waals surface area contributed by atoms with Gasteiger partial charge in [-0.1, -0.05) is 19.9 Å². The van der Waals surface area contributed by atoms with E-state index in [1.807, 2.05) is 0 Å². The highest BCUT2D eigenvalue weighted by Crippen LogP contribution is 2.61. The number of Topliss-reactive ketones (excluding diaryl/α,β-unsaturated/α-hetero) is 1. The summed E-state index contributed by atoms with van der Waals surface area (Å²) in [4.78, 5) is 10.9. The van der Waals surface area contributed by atoms with Gasteiger partial charge in [-0.05, 0) is 62.5 Å². The molecule has 0 bridgehead atoms. The lowest BCUT2D eigenvalue weighted by molar-refractivity contribution is -0.117. The maximum absolute atomic E-state index is 10.9. The number of carbonyl (C=O) groups excluding carboxylic acids is 1. The quantitative estimate of drug-likeness (QED) is 0.755. The van der Waals surface area contributed by atoms with Crippen LogP contribution in [-0.2, 0) is 4.79 Å². The van der Waals surface area contributed by atoms with Gasteiger partial charge in [0.05, 0.1) is 3.39 Å². The number of ketones is 1. The largest absolute Gasteiger partial charge is 0.300 e. The predicted octanol–water partition coefficient (Wildman–Crippen LogP) is 4.26. The number of rotatable bonds is 4. The molecule has 1 nitrogen and oxygen atoms in total. The van der Waals surface area contributed by atoms with Crippen molar-refractivity contribution in [2.24, 2.45) is 17.3 Å². The summed E-state index contributed by atoms with van der Waals surface area (Å²) in [6.07, 6.45) is 3.94. The molecule has 0 saturated heterocycles. The van der Waals surface area contributed by atoms with Crippen LogP contribution in [-0.4, -0.2) is 5.78 Å². The Hall–Kier alpha value is 0.370. The first kappa shape index (κ1) is 12.4. The molecule has 0 heterocycles. The van der Waals surface area contributed by atoms with E-state index in [1.54, 1.807) is 6.92 Å². The van der Waals surface area contributed by atoms with Crippen molar-refractivity contribution >= 4 is 37.6 Å². The van der Waals surface area contributed by atoms with Crippen LogP contribution in [0.1, 0.15) is 33.6 Å². The Bertz CT molecular complexity index is 264. The summed E-state index contributed by atoms with van der Waals surface area (Å²) in [5.74, 6) is 1.57. The highest BCUT2D eigenvalue weighted by atomic mass is 79.9. The normalized spacial score (nSPS) is 28.4. The van der Waals surface area contributed by atoms with E-state index in [0.29, 0.717) is 23.0 Å². The molecular weight excluding hydrogens is 308 g/mol. The summed E-state index contributed by atoms with van der Waals surface area (Å²) < 4.78 is 1.02. The van der Waals surface area contributed by atoms with Gasteiger partial charge in [0.2, 0.25) is 0 Å². The molecule has 0 aromatic rings. The number of allylic oxidation sites excluding steroid dienone is 1. The summed E-state index contributed by atoms with van der Waals surface area (Å²) in [5, 5.41) is 0. The van der Waals surface area contributed by atoms with Crippen LogP contribution in [0.3, 0.4) is 0 Å². The third kappa shape index (κ3) is 2.93. The van der Waals surface area contributed by atoms with Gasteiger partial charge in [0, 0.05) is 6.42 Å². The monoisotopic (exact) mass is 322 g/mol. The van der Waals surface area contributed by atoms with E-state index in [-0.39, 0.29) is 0 Å². The van der Waals surface area contributed by atoms with Crippen LogP contribution >= 0.6 is 31.9 Å². The average molecular weight is 324 g/mol. The molecule has 0 N–H and O–H groups in total. The smallest absolute Gasteiger partial charge is 0.129 e. The van der Waals surface area contributed by atoms with Crippen molar-refractivity contribution in [2.75, 3.05) is 0 Å². The van der Waals surface area contributed by atoms with E-state index in [1.165, 1.54) is 0 Å². The third-order valence-corrected chi connectivity index (χ3v) is 3.78. The Morgan fingerprint density at radius 2 is 2.00 bits per heavy atom. The van der Waals surface area contributed by atoms with Gasteiger partial charge in [-0.15, -0.1) is 0 Å². The maximum Gasteiger partial charge on any atom is 0.129 e. The van der Waals surface area contributed by atoms with E-state index in [4.69, 9.17) is 0 Å². The fraction of sp³-hybridized carbons (Fsp3) is 0.727. The molecule has 1 aliphatic rings. The molecule has 1 rings (SSSR count). The molecule has 1 fully saturated rings. The number of hydrogen-bond donors (Lipinski definition) is 0. The predicted molar refractivity (Wildman–Crippen MR) is 66.6 cm³/mol. The molecule has 3 heteroatoms. The van der Waals surface area contributed by atoms with Crippen LogP contribution in [0, 0.1) is 17.3 Å². The van der Waals surface area contributed by atoms with Crippen molar-refractivity contribution in [3.05, 3.63) is 9.47 Å². The highest BCUT2D eigenvalue weighted by molar-refractivity contribution is 9.28. The van der Waals surface area contributed by atoms with Gasteiger partial charge in [0.1, 0.15) is 5.78 Å². The molecule has 2 atom stereocenters. The second kappa shape index (κ2) is 4.48. The molecule has 1 saturated carbocycles. The first-order valence-electron chi connectivity index (χ1n) is 4.88. The molecule has 80 valence electrons. The Labute approximate surface area is 103 Å². The topological polar surface area (TPSA) is 17.1 Å². The molecule has 0 amide bonds. The Morgan fingerprint density at radius 3 is 2.43 bits per heavy atom. The summed E-state index contributed by atoms with van der Waals surface area (Å²) in [5.41, 5.74) is 0.363. The Morgan fingerprint density at radius 1 is 1.43 bits per heavy atom. The van der Waals surface area contributed by atoms with Crippen LogP contribution in [0.2, 0.25) is 0 Å². The van der Waals surface area contributed by atoms with E-state index in [0.717, 1.165) is 16.2 Å². The van der Waals surface area contributed by atoms with Gasteiger partial charge >= 0.3 is 0 Å². The van der Waals surface area contributed by atoms with Crippen LogP contribution in [0.15, 0.2) is 9.47 Å². The minimum atomic E-state index is 0.299. The molecule has 1 aliphatic carbocycles. The Kier molecular flexibility index (Phi) is 3.98. The van der Waals surface area contributed by atoms with Crippen molar-refractivity contribution in [3.63, 3.8) is 0 Å². The van der Waals surface area contributed by atoms with Crippen molar-refractivity contribution < 1.29 is 4.79 Å². The summed E-state index contributed by atoms with van der Waals surface area (Å²) in [7, 11) is 0. The van der Waals surface area contributed by atoms with Crippen LogP contribution in [0.25, 0.3) is 0 Å². The van der Waals surface area contributed by atoms with E-state index < -0.39 is 0 Å². The van der Waals surface area contributed by atoms with Gasteiger partial charge < -0.3 is 4.79 Å². The highest BCUT2D eigenvalue weighted by Gasteiger charge is 2.55. The van der Waals surface area contributed by atoms with Crippen LogP contribution < -0.4 is 0 Å². The molecule has 14 heavy (non-hydrogen) atoms. The zero-order valence-electron chi connectivity index (χ0n) is 8.81. The number of carbonyl (C=O) groups is 1. The van der Waals surface area contributed by atoms with E-state index in [2.05, 4.69) is 51.8 Å². The zero-order chi connectivity index (χ0) is 10.9. The Balaban J connectivity index is 2.49. The van der Waals surface area contributed by atoms with Crippen molar-refractivity contribution in [3.8, 4) is 0 Å². The first-order valence-corrected chi connectivity index (χ1v) is 6.46. The van der Waals surface area contributed by atoms with Crippen molar-refractivity contribution in [1.29, 1.82) is 0 Å². The first-order chi connectivity index (χ1) is 6.35. The summed E-state index contributed by atoms with van der Waals surface area (Å²) in [6, 6.07) is 0. The fourth-order valence-corrected chi connectivity index (χ4v) is 2.73. The molecule has 0 aromatic carbocycles. The van der Waals surface area contributed by atoms with Gasteiger partial charge in [0.15, 0.2) is 0 Å². The lowest BCUT2D eigenvalue weighted by atomic mass is 10.1. The van der Waals surface area contributed by atoms with E-state index >= 15 is 0 Å². The second-order valence-electron chi connectivity index (χ2n) is 4.65. The number of hydrogen-bond acceptors (Lipinski definition) is 1. The second-order valence-corrected chi connectivity index (χ2v) is 7.42. The molecule has 0 unspecified atom stereocenters. The lowest BCUT2D eigenvalue weighted by Crippen LogP contribution is -1.94. The van der Waals surface area contributed by atoms with E-state index in [9.17, 15) is 4.79 Å². The zero-order valence-corrected chi connectivity index (χ0v) is 12.0. The van der Waals surface area contributed by atoms with Crippen molar-refractivity contribution in [1.82, 2.24) is 0 Å². The summed E-state index contributed by atoms with van der Waals surface area (Å²) in [6.45, 7) is 6.20. The van der Waals surface area contributed by atoms with Crippen LogP contribution in [0.4, 0.5) is 0 Å². The molecular formula is C11H16Br2O. The van der Waals surface area contributed by atoms with Crippen LogP contribution in [0.5, 0.6) is 0 Å². The molecule has 0 aromatic heterocycles. The lowest BCUT2D eigenvalue weighted by Gasteiger charge is -1.99. The van der Waals surface area contributed by atoms with Gasteiger partial charge in [-0.3, -0.25) is 0 Å². The standard InChI is InChI=1S/C11H16Br2O/c1-7(14)4-5-8-9(6-10(12)13)11(8,2)3/h6,8-9H,4-5H2,1-3H3/t8-,9+/m1/s1. The minimum Gasteiger partial charge on any atom is -0.300 e. The third-order valence-electron chi connectivity index (χ3n) is 3.25. The SMILES string of the molecule is CC(=O)CC[C@@H]1[C@H](C=C(Br)Br)C1(C)C. The van der Waals surface area contributed by atoms with Gasteiger partial charge in [-0.25, -0.2) is 0 Å². The summed E-state index contributed by atoms with van der Waals surface area (Å²) >= 11 is 6.77. The number of halogens is 2. The van der Waals surface area contributed by atoms with Gasteiger partial charge in [0.25, 0.3) is 0 Å². The van der Waals surface area contributed by atoms with Gasteiger partial charge in [-0.2, -0.15) is 0 Å². The molecule has 0 aliphatic heterocycles. The average Bonchev–Trinajstić information content (AvgIpc) is 2.48. The van der Waals surface area contributed by atoms with Crippen molar-refractivity contribution in [2.45, 2.75) is 33.6 Å².